The monoisotopic (exact) mass is 280 g/mol. The Bertz CT molecular complexity index is 588. The van der Waals surface area contributed by atoms with Crippen molar-refractivity contribution in [1.29, 1.82) is 5.26 Å². The molecule has 1 aromatic rings. The van der Waals surface area contributed by atoms with Crippen molar-refractivity contribution in [2.24, 2.45) is 0 Å². The highest BCUT2D eigenvalue weighted by Crippen LogP contribution is 2.13. The summed E-state index contributed by atoms with van der Waals surface area (Å²) in [6, 6.07) is 9.03. The standard InChI is InChI=1S/C13H16N2O3S/c1-11-6-2-3-7-12(11)15-13(16)10-19(17,18)9-5-4-8-14/h2-3,6-7H,4-5,9-10H2,1H3,(H,15,16). The number of rotatable bonds is 6. The summed E-state index contributed by atoms with van der Waals surface area (Å²) in [5.74, 6) is -1.24. The number of carbonyl (C=O) groups is 1. The minimum absolute atomic E-state index is 0.137. The molecule has 19 heavy (non-hydrogen) atoms. The summed E-state index contributed by atoms with van der Waals surface area (Å²) in [4.78, 5) is 11.7. The van der Waals surface area contributed by atoms with Gasteiger partial charge in [0.25, 0.3) is 0 Å². The third-order valence-corrected chi connectivity index (χ3v) is 4.13. The smallest absolute Gasteiger partial charge is 0.239 e. The number of amides is 1. The zero-order chi connectivity index (χ0) is 14.3. The summed E-state index contributed by atoms with van der Waals surface area (Å²) in [7, 11) is -3.45. The highest BCUT2D eigenvalue weighted by molar-refractivity contribution is 7.92. The Balaban J connectivity index is 2.56. The van der Waals surface area contributed by atoms with Gasteiger partial charge in [0.2, 0.25) is 5.91 Å². The lowest BCUT2D eigenvalue weighted by atomic mass is 10.2. The largest absolute Gasteiger partial charge is 0.325 e. The number of unbranched alkanes of at least 4 members (excludes halogenated alkanes) is 1. The van der Waals surface area contributed by atoms with Crippen molar-refractivity contribution < 1.29 is 13.2 Å². The van der Waals surface area contributed by atoms with Gasteiger partial charge in [-0.3, -0.25) is 4.79 Å². The molecular weight excluding hydrogens is 264 g/mol. The van der Waals surface area contributed by atoms with Crippen LogP contribution in [0.25, 0.3) is 0 Å². The molecule has 0 fully saturated rings. The quantitative estimate of drug-likeness (QED) is 0.803. The topological polar surface area (TPSA) is 87.0 Å². The van der Waals surface area contributed by atoms with E-state index in [2.05, 4.69) is 5.32 Å². The van der Waals surface area contributed by atoms with E-state index >= 15 is 0 Å². The fourth-order valence-electron chi connectivity index (χ4n) is 1.54. The van der Waals surface area contributed by atoms with Crippen molar-refractivity contribution in [3.05, 3.63) is 29.8 Å². The highest BCUT2D eigenvalue weighted by atomic mass is 32.2. The summed E-state index contributed by atoms with van der Waals surface area (Å²) in [6.07, 6.45) is 0.440. The van der Waals surface area contributed by atoms with Crippen LogP contribution in [-0.2, 0) is 14.6 Å². The minimum Gasteiger partial charge on any atom is -0.325 e. The van der Waals surface area contributed by atoms with Crippen LogP contribution in [-0.4, -0.2) is 25.8 Å². The number of anilines is 1. The maximum absolute atomic E-state index is 11.7. The summed E-state index contributed by atoms with van der Waals surface area (Å²) in [5.41, 5.74) is 1.48. The van der Waals surface area contributed by atoms with Crippen LogP contribution in [0.5, 0.6) is 0 Å². The van der Waals surface area contributed by atoms with E-state index in [1.165, 1.54) is 0 Å². The van der Waals surface area contributed by atoms with Crippen LogP contribution in [0.4, 0.5) is 5.69 Å². The Morgan fingerprint density at radius 1 is 1.37 bits per heavy atom. The molecule has 1 aromatic carbocycles. The van der Waals surface area contributed by atoms with Gasteiger partial charge in [0.15, 0.2) is 9.84 Å². The van der Waals surface area contributed by atoms with Gasteiger partial charge >= 0.3 is 0 Å². The molecule has 5 nitrogen and oxygen atoms in total. The number of hydrogen-bond donors (Lipinski definition) is 1. The van der Waals surface area contributed by atoms with Crippen molar-refractivity contribution in [1.82, 2.24) is 0 Å². The lowest BCUT2D eigenvalue weighted by Gasteiger charge is -2.08. The first-order valence-corrected chi connectivity index (χ1v) is 7.69. The van der Waals surface area contributed by atoms with Gasteiger partial charge in [0, 0.05) is 12.1 Å². The lowest BCUT2D eigenvalue weighted by Crippen LogP contribution is -2.25. The van der Waals surface area contributed by atoms with Crippen molar-refractivity contribution in [3.8, 4) is 6.07 Å². The van der Waals surface area contributed by atoms with Crippen LogP contribution >= 0.6 is 0 Å². The van der Waals surface area contributed by atoms with E-state index in [9.17, 15) is 13.2 Å². The minimum atomic E-state index is -3.45. The SMILES string of the molecule is Cc1ccccc1NC(=O)CS(=O)(=O)CCCC#N. The van der Waals surface area contributed by atoms with E-state index in [0.717, 1.165) is 5.56 Å². The number of hydrogen-bond acceptors (Lipinski definition) is 4. The third-order valence-electron chi connectivity index (χ3n) is 2.51. The normalized spacial score (nSPS) is 10.7. The fraction of sp³-hybridized carbons (Fsp3) is 0.385. The molecule has 6 heteroatoms. The Labute approximate surface area is 113 Å². The molecule has 0 spiro atoms. The molecule has 0 radical (unpaired) electrons. The van der Waals surface area contributed by atoms with E-state index in [0.29, 0.717) is 5.69 Å². The number of para-hydroxylation sites is 1. The van der Waals surface area contributed by atoms with Gasteiger partial charge in [0.1, 0.15) is 5.75 Å². The molecule has 1 amide bonds. The molecule has 1 rings (SSSR count). The molecule has 0 bridgehead atoms. The average Bonchev–Trinajstić information content (AvgIpc) is 2.31. The second-order valence-electron chi connectivity index (χ2n) is 4.22. The third kappa shape index (κ3) is 5.53. The van der Waals surface area contributed by atoms with E-state index in [1.54, 1.807) is 12.1 Å². The average molecular weight is 280 g/mol. The number of nitrogens with zero attached hydrogens (tertiary/aromatic N) is 1. The van der Waals surface area contributed by atoms with Gasteiger partial charge < -0.3 is 5.32 Å². The number of nitriles is 1. The zero-order valence-electron chi connectivity index (χ0n) is 10.7. The molecular formula is C13H16N2O3S. The highest BCUT2D eigenvalue weighted by Gasteiger charge is 2.16. The molecule has 0 saturated heterocycles. The molecule has 102 valence electrons. The first-order valence-electron chi connectivity index (χ1n) is 5.87. The summed E-state index contributed by atoms with van der Waals surface area (Å²) in [5, 5.41) is 10.9. The van der Waals surface area contributed by atoms with E-state index < -0.39 is 21.5 Å². The Morgan fingerprint density at radius 2 is 2.05 bits per heavy atom. The Morgan fingerprint density at radius 3 is 2.68 bits per heavy atom. The molecule has 0 aromatic heterocycles. The molecule has 0 saturated carbocycles. The molecule has 0 heterocycles. The Kier molecular flexibility index (Phi) is 5.52. The first kappa shape index (κ1) is 15.2. The molecule has 0 aliphatic carbocycles. The van der Waals surface area contributed by atoms with Crippen molar-refractivity contribution in [3.63, 3.8) is 0 Å². The first-order chi connectivity index (χ1) is 8.94. The van der Waals surface area contributed by atoms with Crippen molar-refractivity contribution in [2.75, 3.05) is 16.8 Å². The number of aryl methyl sites for hydroxylation is 1. The Hall–Kier alpha value is -1.87. The summed E-state index contributed by atoms with van der Waals surface area (Å²) >= 11 is 0. The predicted octanol–water partition coefficient (Wildman–Crippen LogP) is 1.65. The van der Waals surface area contributed by atoms with Crippen molar-refractivity contribution in [2.45, 2.75) is 19.8 Å². The summed E-state index contributed by atoms with van der Waals surface area (Å²) in [6.45, 7) is 1.83. The molecule has 0 unspecified atom stereocenters. The predicted molar refractivity (Wildman–Crippen MR) is 73.3 cm³/mol. The van der Waals surface area contributed by atoms with Crippen molar-refractivity contribution >= 4 is 21.4 Å². The number of sulfone groups is 1. The van der Waals surface area contributed by atoms with Crippen LogP contribution in [0.15, 0.2) is 24.3 Å². The van der Waals surface area contributed by atoms with Gasteiger partial charge in [-0.25, -0.2) is 8.42 Å². The lowest BCUT2D eigenvalue weighted by molar-refractivity contribution is -0.113. The van der Waals surface area contributed by atoms with Gasteiger partial charge in [-0.1, -0.05) is 18.2 Å². The molecule has 0 aliphatic heterocycles. The van der Waals surface area contributed by atoms with E-state index in [4.69, 9.17) is 5.26 Å². The summed E-state index contributed by atoms with van der Waals surface area (Å²) < 4.78 is 23.2. The van der Waals surface area contributed by atoms with Gasteiger partial charge in [-0.15, -0.1) is 0 Å². The molecule has 0 aliphatic rings. The number of carbonyl (C=O) groups excluding carboxylic acids is 1. The van der Waals surface area contributed by atoms with Crippen LogP contribution in [0.3, 0.4) is 0 Å². The van der Waals surface area contributed by atoms with Gasteiger partial charge in [-0.2, -0.15) is 5.26 Å². The van der Waals surface area contributed by atoms with E-state index in [-0.39, 0.29) is 18.6 Å². The maximum Gasteiger partial charge on any atom is 0.239 e. The number of benzene rings is 1. The van der Waals surface area contributed by atoms with Crippen LogP contribution in [0.2, 0.25) is 0 Å². The number of nitrogens with one attached hydrogen (secondary N) is 1. The van der Waals surface area contributed by atoms with Gasteiger partial charge in [0.05, 0.1) is 11.8 Å². The van der Waals surface area contributed by atoms with Crippen LogP contribution < -0.4 is 5.32 Å². The second kappa shape index (κ2) is 6.90. The molecule has 0 atom stereocenters. The van der Waals surface area contributed by atoms with Gasteiger partial charge in [-0.05, 0) is 25.0 Å². The fourth-order valence-corrected chi connectivity index (χ4v) is 2.74. The zero-order valence-corrected chi connectivity index (χ0v) is 11.5. The van der Waals surface area contributed by atoms with Crippen LogP contribution in [0.1, 0.15) is 18.4 Å². The maximum atomic E-state index is 11.7. The molecule has 1 N–H and O–H groups in total. The van der Waals surface area contributed by atoms with Crippen LogP contribution in [0, 0.1) is 18.3 Å². The van der Waals surface area contributed by atoms with E-state index in [1.807, 2.05) is 25.1 Å². The second-order valence-corrected chi connectivity index (χ2v) is 6.40.